The van der Waals surface area contributed by atoms with Gasteiger partial charge in [0.2, 0.25) is 5.91 Å². The molecule has 0 saturated heterocycles. The van der Waals surface area contributed by atoms with Crippen LogP contribution in [0.5, 0.6) is 5.75 Å². The molecule has 0 saturated carbocycles. The second kappa shape index (κ2) is 7.21. The van der Waals surface area contributed by atoms with Crippen molar-refractivity contribution in [3.05, 3.63) is 30.1 Å². The van der Waals surface area contributed by atoms with Crippen LogP contribution in [0.25, 0.3) is 0 Å². The Morgan fingerprint density at radius 3 is 2.61 bits per heavy atom. The fraction of sp³-hybridized carbons (Fsp3) is 0.462. The van der Waals surface area contributed by atoms with Gasteiger partial charge < -0.3 is 9.64 Å². The number of carbonyl (C=O) groups is 1. The zero-order chi connectivity index (χ0) is 13.5. The Balaban J connectivity index is 2.33. The normalized spacial score (nSPS) is 12.0. The van der Waals surface area contributed by atoms with E-state index in [0.29, 0.717) is 24.8 Å². The van der Waals surface area contributed by atoms with Crippen LogP contribution >= 0.6 is 11.6 Å². The number of carbonyl (C=O) groups excluding carboxylic acids is 1. The minimum atomic E-state index is -0.300. The first-order valence-electron chi connectivity index (χ1n) is 5.74. The summed E-state index contributed by atoms with van der Waals surface area (Å²) in [5.74, 6) is 0.394. The highest BCUT2D eigenvalue weighted by Gasteiger charge is 2.15. The van der Waals surface area contributed by atoms with Crippen LogP contribution in [0, 0.1) is 11.7 Å². The van der Waals surface area contributed by atoms with Crippen molar-refractivity contribution in [3.63, 3.8) is 0 Å². The first kappa shape index (κ1) is 14.8. The van der Waals surface area contributed by atoms with E-state index in [1.807, 2.05) is 0 Å². The summed E-state index contributed by atoms with van der Waals surface area (Å²) >= 11 is 5.62. The molecule has 1 aromatic carbocycles. The van der Waals surface area contributed by atoms with Gasteiger partial charge in [0.1, 0.15) is 18.2 Å². The van der Waals surface area contributed by atoms with Crippen LogP contribution in [0.3, 0.4) is 0 Å². The molecule has 0 bridgehead atoms. The van der Waals surface area contributed by atoms with E-state index in [2.05, 4.69) is 0 Å². The van der Waals surface area contributed by atoms with E-state index in [1.54, 1.807) is 31.0 Å². The highest BCUT2D eigenvalue weighted by molar-refractivity contribution is 6.19. The van der Waals surface area contributed by atoms with Crippen molar-refractivity contribution in [1.82, 2.24) is 4.90 Å². The number of ether oxygens (including phenoxy) is 1. The molecule has 1 unspecified atom stereocenters. The fourth-order valence-corrected chi connectivity index (χ4v) is 1.52. The number of alkyl halides is 1. The van der Waals surface area contributed by atoms with Gasteiger partial charge in [-0.1, -0.05) is 6.92 Å². The van der Waals surface area contributed by atoms with Crippen molar-refractivity contribution < 1.29 is 13.9 Å². The van der Waals surface area contributed by atoms with Gasteiger partial charge in [0.25, 0.3) is 0 Å². The minimum Gasteiger partial charge on any atom is -0.492 e. The molecule has 1 atom stereocenters. The number of rotatable bonds is 6. The summed E-state index contributed by atoms with van der Waals surface area (Å²) in [6.07, 6.45) is 0. The van der Waals surface area contributed by atoms with E-state index < -0.39 is 0 Å². The molecule has 1 aromatic rings. The average Bonchev–Trinajstić information content (AvgIpc) is 2.39. The molecule has 0 N–H and O–H groups in total. The van der Waals surface area contributed by atoms with Crippen LogP contribution in [-0.4, -0.2) is 36.9 Å². The zero-order valence-corrected chi connectivity index (χ0v) is 11.3. The molecule has 18 heavy (non-hydrogen) atoms. The van der Waals surface area contributed by atoms with E-state index in [0.717, 1.165) is 0 Å². The van der Waals surface area contributed by atoms with Crippen LogP contribution in [-0.2, 0) is 4.79 Å². The Hall–Kier alpha value is -1.29. The lowest BCUT2D eigenvalue weighted by Gasteiger charge is -2.20. The van der Waals surface area contributed by atoms with E-state index in [9.17, 15) is 9.18 Å². The molecule has 0 aromatic heterocycles. The van der Waals surface area contributed by atoms with Crippen molar-refractivity contribution in [2.75, 3.05) is 26.1 Å². The molecular formula is C13H17ClFNO2. The van der Waals surface area contributed by atoms with Gasteiger partial charge in [0.05, 0.1) is 6.54 Å². The maximum atomic E-state index is 12.6. The largest absolute Gasteiger partial charge is 0.492 e. The van der Waals surface area contributed by atoms with Crippen molar-refractivity contribution in [2.45, 2.75) is 6.92 Å². The van der Waals surface area contributed by atoms with Crippen molar-refractivity contribution >= 4 is 17.5 Å². The highest BCUT2D eigenvalue weighted by atomic mass is 35.5. The number of nitrogens with zero attached hydrogens (tertiary/aromatic N) is 1. The molecule has 0 aliphatic rings. The van der Waals surface area contributed by atoms with E-state index in [4.69, 9.17) is 16.3 Å². The molecule has 0 fully saturated rings. The van der Waals surface area contributed by atoms with E-state index in [1.165, 1.54) is 12.1 Å². The molecule has 0 spiro atoms. The van der Waals surface area contributed by atoms with Crippen LogP contribution in [0.1, 0.15) is 6.92 Å². The molecule has 5 heteroatoms. The summed E-state index contributed by atoms with van der Waals surface area (Å²) in [6, 6.07) is 5.77. The second-order valence-corrected chi connectivity index (χ2v) is 4.43. The predicted octanol–water partition coefficient (Wildman–Crippen LogP) is 2.54. The third kappa shape index (κ3) is 4.53. The molecule has 100 valence electrons. The summed E-state index contributed by atoms with van der Waals surface area (Å²) in [5, 5.41) is 0. The van der Waals surface area contributed by atoms with Gasteiger partial charge in [-0.2, -0.15) is 0 Å². The highest BCUT2D eigenvalue weighted by Crippen LogP contribution is 2.11. The summed E-state index contributed by atoms with van der Waals surface area (Å²) in [5.41, 5.74) is 0. The van der Waals surface area contributed by atoms with Gasteiger partial charge in [-0.3, -0.25) is 4.79 Å². The van der Waals surface area contributed by atoms with E-state index in [-0.39, 0.29) is 17.6 Å². The summed E-state index contributed by atoms with van der Waals surface area (Å²) < 4.78 is 18.1. The lowest BCUT2D eigenvalue weighted by atomic mass is 10.2. The van der Waals surface area contributed by atoms with Gasteiger partial charge in [-0.15, -0.1) is 11.6 Å². The van der Waals surface area contributed by atoms with Gasteiger partial charge in [-0.05, 0) is 24.3 Å². The number of hydrogen-bond acceptors (Lipinski definition) is 2. The topological polar surface area (TPSA) is 29.5 Å². The lowest BCUT2D eigenvalue weighted by molar-refractivity contribution is -0.133. The van der Waals surface area contributed by atoms with Crippen LogP contribution in [0.2, 0.25) is 0 Å². The average molecular weight is 274 g/mol. The molecule has 1 rings (SSSR count). The molecule has 0 radical (unpaired) electrons. The number of halogens is 2. The minimum absolute atomic E-state index is 0.00675. The first-order chi connectivity index (χ1) is 8.54. The standard InChI is InChI=1S/C13H17ClFNO2/c1-10(9-14)13(17)16(2)7-8-18-12-5-3-11(15)4-6-12/h3-6,10H,7-9H2,1-2H3. The Morgan fingerprint density at radius 2 is 2.06 bits per heavy atom. The molecule has 0 heterocycles. The van der Waals surface area contributed by atoms with Gasteiger partial charge in [0.15, 0.2) is 0 Å². The third-order valence-corrected chi connectivity index (χ3v) is 3.00. The second-order valence-electron chi connectivity index (χ2n) is 4.12. The molecular weight excluding hydrogens is 257 g/mol. The van der Waals surface area contributed by atoms with Crippen molar-refractivity contribution in [1.29, 1.82) is 0 Å². The van der Waals surface area contributed by atoms with Gasteiger partial charge in [-0.25, -0.2) is 4.39 Å². The maximum absolute atomic E-state index is 12.6. The molecule has 3 nitrogen and oxygen atoms in total. The van der Waals surface area contributed by atoms with E-state index >= 15 is 0 Å². The van der Waals surface area contributed by atoms with Crippen molar-refractivity contribution in [3.8, 4) is 5.75 Å². The lowest BCUT2D eigenvalue weighted by Crippen LogP contribution is -2.35. The van der Waals surface area contributed by atoms with Crippen LogP contribution in [0.4, 0.5) is 4.39 Å². The smallest absolute Gasteiger partial charge is 0.226 e. The molecule has 0 aliphatic carbocycles. The zero-order valence-electron chi connectivity index (χ0n) is 10.5. The van der Waals surface area contributed by atoms with Crippen LogP contribution < -0.4 is 4.74 Å². The van der Waals surface area contributed by atoms with Gasteiger partial charge >= 0.3 is 0 Å². The summed E-state index contributed by atoms with van der Waals surface area (Å²) in [7, 11) is 1.71. The molecule has 0 aliphatic heterocycles. The number of hydrogen-bond donors (Lipinski definition) is 0. The third-order valence-electron chi connectivity index (χ3n) is 2.54. The first-order valence-corrected chi connectivity index (χ1v) is 6.27. The van der Waals surface area contributed by atoms with Crippen LogP contribution in [0.15, 0.2) is 24.3 Å². The Morgan fingerprint density at radius 1 is 1.44 bits per heavy atom. The Labute approximate surface area is 111 Å². The number of likely N-dealkylation sites (N-methyl/N-ethyl adjacent to an activating group) is 1. The molecule has 1 amide bonds. The fourth-order valence-electron chi connectivity index (χ4n) is 1.38. The maximum Gasteiger partial charge on any atom is 0.226 e. The monoisotopic (exact) mass is 273 g/mol. The quantitative estimate of drug-likeness (QED) is 0.746. The van der Waals surface area contributed by atoms with Crippen molar-refractivity contribution in [2.24, 2.45) is 5.92 Å². The van der Waals surface area contributed by atoms with Gasteiger partial charge in [0, 0.05) is 18.8 Å². The number of benzene rings is 1. The number of amides is 1. The summed E-state index contributed by atoms with van der Waals surface area (Å²) in [6.45, 7) is 2.62. The Bertz CT molecular complexity index is 383. The summed E-state index contributed by atoms with van der Waals surface area (Å²) in [4.78, 5) is 13.3. The Kier molecular flexibility index (Phi) is 5.92. The SMILES string of the molecule is CC(CCl)C(=O)N(C)CCOc1ccc(F)cc1. The predicted molar refractivity (Wildman–Crippen MR) is 69.4 cm³/mol.